The summed E-state index contributed by atoms with van der Waals surface area (Å²) < 4.78 is 0. The van der Waals surface area contributed by atoms with Gasteiger partial charge in [0.25, 0.3) is 0 Å². The van der Waals surface area contributed by atoms with Crippen molar-refractivity contribution in [2.75, 3.05) is 17.6 Å². The third-order valence-electron chi connectivity index (χ3n) is 2.51. The van der Waals surface area contributed by atoms with Crippen molar-refractivity contribution in [3.8, 4) is 0 Å². The Morgan fingerprint density at radius 3 is 2.88 bits per heavy atom. The Bertz CT molecular complexity index is 374. The van der Waals surface area contributed by atoms with Crippen molar-refractivity contribution < 1.29 is 4.79 Å². The van der Waals surface area contributed by atoms with Gasteiger partial charge in [-0.15, -0.1) is 10.2 Å². The molecular formula is C11H17N5O. The van der Waals surface area contributed by atoms with Gasteiger partial charge in [-0.2, -0.15) is 0 Å². The summed E-state index contributed by atoms with van der Waals surface area (Å²) in [6, 6.07) is 3.90. The van der Waals surface area contributed by atoms with Gasteiger partial charge in [0.2, 0.25) is 5.91 Å². The molecule has 1 heterocycles. The molecule has 17 heavy (non-hydrogen) atoms. The number of carbonyl (C=O) groups is 1. The summed E-state index contributed by atoms with van der Waals surface area (Å²) in [6.45, 7) is 0.705. The van der Waals surface area contributed by atoms with E-state index in [-0.39, 0.29) is 5.91 Å². The highest BCUT2D eigenvalue weighted by molar-refractivity contribution is 5.76. The summed E-state index contributed by atoms with van der Waals surface area (Å²) in [7, 11) is 0. The molecule has 1 aliphatic rings. The van der Waals surface area contributed by atoms with Gasteiger partial charge in [-0.05, 0) is 31.4 Å². The van der Waals surface area contributed by atoms with Crippen molar-refractivity contribution >= 4 is 17.5 Å². The number of nitrogen functional groups attached to an aromatic ring is 1. The molecule has 0 aromatic carbocycles. The third-order valence-corrected chi connectivity index (χ3v) is 2.51. The summed E-state index contributed by atoms with van der Waals surface area (Å²) >= 11 is 0. The second-order valence-electron chi connectivity index (χ2n) is 4.22. The fraction of sp³-hybridized carbons (Fsp3) is 0.545. The Morgan fingerprint density at radius 2 is 2.24 bits per heavy atom. The fourth-order valence-electron chi connectivity index (χ4n) is 1.43. The van der Waals surface area contributed by atoms with E-state index >= 15 is 0 Å². The summed E-state index contributed by atoms with van der Waals surface area (Å²) in [5, 5.41) is 13.6. The molecule has 1 aliphatic carbocycles. The molecule has 1 fully saturated rings. The fourth-order valence-corrected chi connectivity index (χ4v) is 1.43. The first-order valence-electron chi connectivity index (χ1n) is 5.86. The molecule has 4 N–H and O–H groups in total. The minimum Gasteiger partial charge on any atom is -0.382 e. The monoisotopic (exact) mass is 235 g/mol. The number of hydrogen-bond acceptors (Lipinski definition) is 5. The van der Waals surface area contributed by atoms with E-state index < -0.39 is 0 Å². The molecule has 0 bridgehead atoms. The Balaban J connectivity index is 1.59. The SMILES string of the molecule is Nc1ccc(NCCCC(=O)NC2CC2)nn1. The quantitative estimate of drug-likeness (QED) is 0.625. The van der Waals surface area contributed by atoms with Crippen molar-refractivity contribution in [3.05, 3.63) is 12.1 Å². The number of nitrogens with two attached hydrogens (primary N) is 1. The van der Waals surface area contributed by atoms with Crippen LogP contribution in [0.25, 0.3) is 0 Å². The van der Waals surface area contributed by atoms with Crippen LogP contribution < -0.4 is 16.4 Å². The zero-order chi connectivity index (χ0) is 12.1. The van der Waals surface area contributed by atoms with Gasteiger partial charge in [0.1, 0.15) is 11.6 Å². The lowest BCUT2D eigenvalue weighted by Crippen LogP contribution is -2.25. The molecule has 1 amide bonds. The van der Waals surface area contributed by atoms with E-state index in [1.54, 1.807) is 12.1 Å². The summed E-state index contributed by atoms with van der Waals surface area (Å²) in [5.74, 6) is 1.22. The van der Waals surface area contributed by atoms with Gasteiger partial charge in [0.15, 0.2) is 0 Å². The predicted octanol–water partition coefficient (Wildman–Crippen LogP) is 0.529. The lowest BCUT2D eigenvalue weighted by molar-refractivity contribution is -0.121. The number of anilines is 2. The lowest BCUT2D eigenvalue weighted by Gasteiger charge is -2.05. The summed E-state index contributed by atoms with van der Waals surface area (Å²) in [4.78, 5) is 11.4. The van der Waals surface area contributed by atoms with E-state index in [2.05, 4.69) is 20.8 Å². The zero-order valence-electron chi connectivity index (χ0n) is 9.65. The number of carbonyl (C=O) groups excluding carboxylic acids is 1. The standard InChI is InChI=1S/C11H17N5O/c12-9-5-6-10(16-15-9)13-7-1-2-11(17)14-8-3-4-8/h5-6,8H,1-4,7H2,(H2,12,15)(H,13,16)(H,14,17). The molecule has 0 atom stereocenters. The van der Waals surface area contributed by atoms with Crippen molar-refractivity contribution in [2.24, 2.45) is 0 Å². The van der Waals surface area contributed by atoms with Gasteiger partial charge in [-0.3, -0.25) is 4.79 Å². The van der Waals surface area contributed by atoms with Crippen LogP contribution in [0.1, 0.15) is 25.7 Å². The number of amides is 1. The zero-order valence-corrected chi connectivity index (χ0v) is 9.65. The number of aromatic nitrogens is 2. The van der Waals surface area contributed by atoms with E-state index in [0.29, 0.717) is 30.6 Å². The molecule has 0 spiro atoms. The van der Waals surface area contributed by atoms with Gasteiger partial charge in [-0.25, -0.2) is 0 Å². The Labute approximate surface area is 100.0 Å². The normalized spacial score (nSPS) is 14.4. The molecule has 0 unspecified atom stereocenters. The maximum atomic E-state index is 11.4. The molecule has 1 aromatic rings. The molecule has 6 nitrogen and oxygen atoms in total. The van der Waals surface area contributed by atoms with Gasteiger partial charge in [-0.1, -0.05) is 0 Å². The van der Waals surface area contributed by atoms with E-state index in [1.165, 1.54) is 0 Å². The Morgan fingerprint density at radius 1 is 1.41 bits per heavy atom. The van der Waals surface area contributed by atoms with Crippen LogP contribution in [0.2, 0.25) is 0 Å². The number of rotatable bonds is 6. The van der Waals surface area contributed by atoms with Crippen LogP contribution in [0, 0.1) is 0 Å². The molecule has 0 saturated heterocycles. The first kappa shape index (κ1) is 11.6. The van der Waals surface area contributed by atoms with E-state index in [1.807, 2.05) is 0 Å². The maximum Gasteiger partial charge on any atom is 0.220 e. The summed E-state index contributed by atoms with van der Waals surface area (Å²) in [6.07, 6.45) is 3.59. The molecule has 1 aromatic heterocycles. The van der Waals surface area contributed by atoms with Gasteiger partial charge >= 0.3 is 0 Å². The smallest absolute Gasteiger partial charge is 0.220 e. The van der Waals surface area contributed by atoms with Gasteiger partial charge in [0.05, 0.1) is 0 Å². The molecule has 1 saturated carbocycles. The topological polar surface area (TPSA) is 92.9 Å². The van der Waals surface area contributed by atoms with Crippen molar-refractivity contribution in [2.45, 2.75) is 31.7 Å². The second-order valence-corrected chi connectivity index (χ2v) is 4.22. The van der Waals surface area contributed by atoms with Crippen LogP contribution in [0.4, 0.5) is 11.6 Å². The van der Waals surface area contributed by atoms with Crippen LogP contribution in [0.3, 0.4) is 0 Å². The van der Waals surface area contributed by atoms with Crippen LogP contribution in [0.5, 0.6) is 0 Å². The largest absolute Gasteiger partial charge is 0.382 e. The van der Waals surface area contributed by atoms with Crippen LogP contribution >= 0.6 is 0 Å². The Kier molecular flexibility index (Phi) is 3.74. The minimum atomic E-state index is 0.137. The van der Waals surface area contributed by atoms with Gasteiger partial charge in [0, 0.05) is 19.0 Å². The average Bonchev–Trinajstić information content (AvgIpc) is 3.11. The number of hydrogen-bond donors (Lipinski definition) is 3. The van der Waals surface area contributed by atoms with E-state index in [9.17, 15) is 4.79 Å². The first-order chi connectivity index (χ1) is 8.24. The van der Waals surface area contributed by atoms with Crippen molar-refractivity contribution in [3.63, 3.8) is 0 Å². The Hall–Kier alpha value is -1.85. The molecule has 0 radical (unpaired) electrons. The number of nitrogens with zero attached hydrogens (tertiary/aromatic N) is 2. The maximum absolute atomic E-state index is 11.4. The number of nitrogens with one attached hydrogen (secondary N) is 2. The average molecular weight is 235 g/mol. The molecule has 0 aliphatic heterocycles. The van der Waals surface area contributed by atoms with E-state index in [4.69, 9.17) is 5.73 Å². The van der Waals surface area contributed by atoms with Crippen LogP contribution in [-0.2, 0) is 4.79 Å². The highest BCUT2D eigenvalue weighted by Gasteiger charge is 2.22. The van der Waals surface area contributed by atoms with E-state index in [0.717, 1.165) is 19.3 Å². The highest BCUT2D eigenvalue weighted by Crippen LogP contribution is 2.18. The highest BCUT2D eigenvalue weighted by atomic mass is 16.1. The van der Waals surface area contributed by atoms with Crippen molar-refractivity contribution in [1.82, 2.24) is 15.5 Å². The second kappa shape index (κ2) is 5.47. The molecule has 2 rings (SSSR count). The van der Waals surface area contributed by atoms with Crippen LogP contribution in [-0.4, -0.2) is 28.7 Å². The molecular weight excluding hydrogens is 218 g/mol. The predicted molar refractivity (Wildman–Crippen MR) is 65.3 cm³/mol. The lowest BCUT2D eigenvalue weighted by atomic mass is 10.3. The van der Waals surface area contributed by atoms with Crippen LogP contribution in [0.15, 0.2) is 12.1 Å². The van der Waals surface area contributed by atoms with Gasteiger partial charge < -0.3 is 16.4 Å². The first-order valence-corrected chi connectivity index (χ1v) is 5.86. The molecule has 6 heteroatoms. The summed E-state index contributed by atoms with van der Waals surface area (Å²) in [5.41, 5.74) is 5.42. The molecule has 92 valence electrons. The van der Waals surface area contributed by atoms with Crippen molar-refractivity contribution in [1.29, 1.82) is 0 Å². The minimum absolute atomic E-state index is 0.137. The third kappa shape index (κ3) is 4.26.